The lowest BCUT2D eigenvalue weighted by atomic mass is 10.0. The van der Waals surface area contributed by atoms with Crippen LogP contribution in [-0.4, -0.2) is 15.6 Å². The molecular weight excluding hydrogens is 352 g/mol. The van der Waals surface area contributed by atoms with Crippen molar-refractivity contribution < 1.29 is 18.7 Å². The third kappa shape index (κ3) is 3.79. The van der Waals surface area contributed by atoms with Crippen molar-refractivity contribution in [2.45, 2.75) is 19.4 Å². The summed E-state index contributed by atoms with van der Waals surface area (Å²) in [7, 11) is 0. The Morgan fingerprint density at radius 3 is 2.63 bits per heavy atom. The van der Waals surface area contributed by atoms with Gasteiger partial charge >= 0.3 is 5.97 Å². The van der Waals surface area contributed by atoms with E-state index in [0.717, 1.165) is 11.6 Å². The molecule has 0 aliphatic carbocycles. The quantitative estimate of drug-likeness (QED) is 0.719. The highest BCUT2D eigenvalue weighted by Crippen LogP contribution is 2.19. The molecule has 1 N–H and O–H groups in total. The van der Waals surface area contributed by atoms with Crippen LogP contribution >= 0.6 is 0 Å². The Morgan fingerprint density at radius 2 is 1.93 bits per heavy atom. The number of rotatable bonds is 6. The maximum Gasteiger partial charge on any atom is 0.323 e. The molecule has 0 saturated carbocycles. The van der Waals surface area contributed by atoms with Gasteiger partial charge in [0.05, 0.1) is 5.52 Å². The Balaban J connectivity index is 2.10. The second-order valence-corrected chi connectivity index (χ2v) is 6.17. The van der Waals surface area contributed by atoms with Gasteiger partial charge in [-0.2, -0.15) is 0 Å². The van der Waals surface area contributed by atoms with Crippen LogP contribution in [0, 0.1) is 11.6 Å². The number of aromatic nitrogens is 1. The Kier molecular flexibility index (Phi) is 5.16. The third-order valence-electron chi connectivity index (χ3n) is 4.43. The van der Waals surface area contributed by atoms with E-state index < -0.39 is 17.6 Å². The van der Waals surface area contributed by atoms with Crippen molar-refractivity contribution >= 4 is 22.9 Å². The number of halogens is 2. The molecule has 1 aromatic heterocycles. The largest absolute Gasteiger partial charge is 0.480 e. The molecule has 0 unspecified atom stereocenters. The Bertz CT molecular complexity index is 1100. The van der Waals surface area contributed by atoms with Gasteiger partial charge in [-0.3, -0.25) is 9.59 Å². The molecular formula is C21H17F2NO3. The van der Waals surface area contributed by atoms with Crippen LogP contribution in [0.2, 0.25) is 0 Å². The van der Waals surface area contributed by atoms with E-state index in [1.54, 1.807) is 24.3 Å². The van der Waals surface area contributed by atoms with Crippen LogP contribution < -0.4 is 5.43 Å². The van der Waals surface area contributed by atoms with Crippen molar-refractivity contribution in [3.63, 3.8) is 0 Å². The van der Waals surface area contributed by atoms with Crippen LogP contribution in [0.25, 0.3) is 17.0 Å². The van der Waals surface area contributed by atoms with Crippen LogP contribution in [0.3, 0.4) is 0 Å². The second-order valence-electron chi connectivity index (χ2n) is 6.17. The fourth-order valence-corrected chi connectivity index (χ4v) is 3.10. The molecule has 0 amide bonds. The second kappa shape index (κ2) is 7.53. The van der Waals surface area contributed by atoms with Gasteiger partial charge in [-0.05, 0) is 42.2 Å². The van der Waals surface area contributed by atoms with Crippen molar-refractivity contribution in [3.8, 4) is 0 Å². The van der Waals surface area contributed by atoms with Crippen molar-refractivity contribution in [1.82, 2.24) is 4.57 Å². The summed E-state index contributed by atoms with van der Waals surface area (Å²) < 4.78 is 28.8. The maximum atomic E-state index is 13.9. The van der Waals surface area contributed by atoms with Crippen molar-refractivity contribution in [1.29, 1.82) is 0 Å². The van der Waals surface area contributed by atoms with E-state index in [2.05, 4.69) is 6.58 Å². The molecule has 138 valence electrons. The summed E-state index contributed by atoms with van der Waals surface area (Å²) in [6.07, 6.45) is 1.93. The highest BCUT2D eigenvalue weighted by Gasteiger charge is 2.14. The van der Waals surface area contributed by atoms with Crippen LogP contribution in [-0.2, 0) is 24.2 Å². The molecule has 0 spiro atoms. The number of fused-ring (bicyclic) bond motifs is 1. The number of aliphatic carboxylic acids is 1. The smallest absolute Gasteiger partial charge is 0.323 e. The first-order valence-electron chi connectivity index (χ1n) is 8.34. The summed E-state index contributed by atoms with van der Waals surface area (Å²) in [6, 6.07) is 10.3. The topological polar surface area (TPSA) is 59.3 Å². The zero-order chi connectivity index (χ0) is 19.6. The van der Waals surface area contributed by atoms with E-state index in [4.69, 9.17) is 0 Å². The minimum atomic E-state index is -1.07. The monoisotopic (exact) mass is 369 g/mol. The molecule has 0 bridgehead atoms. The van der Waals surface area contributed by atoms with Gasteiger partial charge in [-0.25, -0.2) is 8.78 Å². The SMILES string of the molecule is C=Cc1ccc2c(=O)cc(CCc3cccc(F)c3F)n(CC(=O)O)c2c1. The van der Waals surface area contributed by atoms with E-state index in [1.165, 1.54) is 22.8 Å². The first-order chi connectivity index (χ1) is 12.9. The van der Waals surface area contributed by atoms with Gasteiger partial charge in [-0.15, -0.1) is 0 Å². The van der Waals surface area contributed by atoms with E-state index in [9.17, 15) is 23.5 Å². The van der Waals surface area contributed by atoms with Gasteiger partial charge in [0.15, 0.2) is 17.1 Å². The molecule has 0 saturated heterocycles. The number of carbonyl (C=O) groups is 1. The van der Waals surface area contributed by atoms with Crippen LogP contribution in [0.1, 0.15) is 16.8 Å². The standard InChI is InChI=1S/C21H17F2NO3/c1-2-13-6-9-16-18(10-13)24(12-20(26)27)15(11-19(16)25)8-7-14-4-3-5-17(22)21(14)23/h2-6,9-11H,1,7-8,12H2,(H,26,27). The van der Waals surface area contributed by atoms with Gasteiger partial charge in [0.1, 0.15) is 6.54 Å². The van der Waals surface area contributed by atoms with E-state index in [1.807, 2.05) is 0 Å². The fraction of sp³-hybridized carbons (Fsp3) is 0.143. The zero-order valence-electron chi connectivity index (χ0n) is 14.4. The Labute approximate surface area is 154 Å². The van der Waals surface area contributed by atoms with Crippen molar-refractivity contribution in [2.24, 2.45) is 0 Å². The zero-order valence-corrected chi connectivity index (χ0v) is 14.4. The fourth-order valence-electron chi connectivity index (χ4n) is 3.10. The Morgan fingerprint density at radius 1 is 1.15 bits per heavy atom. The highest BCUT2D eigenvalue weighted by atomic mass is 19.2. The molecule has 0 fully saturated rings. The lowest BCUT2D eigenvalue weighted by Gasteiger charge is -2.16. The highest BCUT2D eigenvalue weighted by molar-refractivity contribution is 5.83. The number of hydrogen-bond donors (Lipinski definition) is 1. The number of hydrogen-bond acceptors (Lipinski definition) is 2. The van der Waals surface area contributed by atoms with E-state index in [0.29, 0.717) is 16.6 Å². The number of pyridine rings is 1. The van der Waals surface area contributed by atoms with Crippen LogP contribution in [0.15, 0.2) is 53.8 Å². The molecule has 0 radical (unpaired) electrons. The number of carboxylic acid groups (broad SMARTS) is 1. The number of aryl methyl sites for hydroxylation is 2. The number of nitrogens with zero attached hydrogens (tertiary/aromatic N) is 1. The van der Waals surface area contributed by atoms with Gasteiger partial charge in [0.2, 0.25) is 0 Å². The molecule has 2 aromatic carbocycles. The molecule has 27 heavy (non-hydrogen) atoms. The van der Waals surface area contributed by atoms with Crippen LogP contribution in [0.5, 0.6) is 0 Å². The molecule has 3 aromatic rings. The first kappa shape index (κ1) is 18.5. The summed E-state index contributed by atoms with van der Waals surface area (Å²) in [6.45, 7) is 3.34. The van der Waals surface area contributed by atoms with Crippen LogP contribution in [0.4, 0.5) is 8.78 Å². The van der Waals surface area contributed by atoms with Gasteiger partial charge < -0.3 is 9.67 Å². The van der Waals surface area contributed by atoms with E-state index >= 15 is 0 Å². The minimum Gasteiger partial charge on any atom is -0.480 e. The molecule has 0 aliphatic heterocycles. The number of benzene rings is 2. The van der Waals surface area contributed by atoms with E-state index in [-0.39, 0.29) is 30.4 Å². The third-order valence-corrected chi connectivity index (χ3v) is 4.43. The summed E-state index contributed by atoms with van der Waals surface area (Å²) >= 11 is 0. The normalized spacial score (nSPS) is 10.9. The molecule has 0 atom stereocenters. The van der Waals surface area contributed by atoms with Crippen molar-refractivity contribution in [3.05, 3.63) is 87.7 Å². The van der Waals surface area contributed by atoms with Gasteiger partial charge in [0, 0.05) is 17.1 Å². The summed E-state index contributed by atoms with van der Waals surface area (Å²) in [5.41, 5.74) is 1.58. The predicted molar refractivity (Wildman–Crippen MR) is 99.7 cm³/mol. The minimum absolute atomic E-state index is 0.134. The van der Waals surface area contributed by atoms with Gasteiger partial charge in [0.25, 0.3) is 0 Å². The molecule has 6 heteroatoms. The average Bonchev–Trinajstić information content (AvgIpc) is 2.65. The van der Waals surface area contributed by atoms with Gasteiger partial charge in [-0.1, -0.05) is 30.9 Å². The molecule has 1 heterocycles. The molecule has 4 nitrogen and oxygen atoms in total. The summed E-state index contributed by atoms with van der Waals surface area (Å²) in [4.78, 5) is 23.8. The Hall–Kier alpha value is -3.28. The molecule has 0 aliphatic rings. The summed E-state index contributed by atoms with van der Waals surface area (Å²) in [5, 5.41) is 9.67. The average molecular weight is 369 g/mol. The molecule has 3 rings (SSSR count). The predicted octanol–water partition coefficient (Wildman–Crippen LogP) is 3.79. The number of carboxylic acids is 1. The lowest BCUT2D eigenvalue weighted by Crippen LogP contribution is -2.19. The lowest BCUT2D eigenvalue weighted by molar-refractivity contribution is -0.137. The summed E-state index contributed by atoms with van der Waals surface area (Å²) in [5.74, 6) is -2.94. The van der Waals surface area contributed by atoms with Crippen molar-refractivity contribution in [2.75, 3.05) is 0 Å². The first-order valence-corrected chi connectivity index (χ1v) is 8.34. The maximum absolute atomic E-state index is 13.9.